The maximum Gasteiger partial charge on any atom is 0.230 e. The highest BCUT2D eigenvalue weighted by atomic mass is 32.2. The summed E-state index contributed by atoms with van der Waals surface area (Å²) in [6, 6.07) is 6.75. The number of nitrogens with zero attached hydrogens (tertiary/aromatic N) is 3. The summed E-state index contributed by atoms with van der Waals surface area (Å²) in [5.41, 5.74) is 0. The molecule has 4 rings (SSSR count). The van der Waals surface area contributed by atoms with Gasteiger partial charge >= 0.3 is 0 Å². The van der Waals surface area contributed by atoms with Crippen LogP contribution in [-0.4, -0.2) is 32.5 Å². The first-order chi connectivity index (χ1) is 15.5. The lowest BCUT2D eigenvalue weighted by molar-refractivity contribution is -0.119. The maximum atomic E-state index is 14.0. The molecular formula is C24H33FN4O2S. The molecule has 1 aromatic heterocycles. The molecule has 2 aromatic rings. The molecule has 2 saturated carbocycles. The molecule has 2 fully saturated rings. The Morgan fingerprint density at radius 3 is 2.78 bits per heavy atom. The fourth-order valence-corrected chi connectivity index (χ4v) is 6.10. The first-order valence-electron chi connectivity index (χ1n) is 11.7. The third kappa shape index (κ3) is 5.11. The van der Waals surface area contributed by atoms with Crippen LogP contribution in [0.2, 0.25) is 0 Å². The first kappa shape index (κ1) is 23.1. The van der Waals surface area contributed by atoms with Crippen LogP contribution in [0.5, 0.6) is 5.75 Å². The van der Waals surface area contributed by atoms with Gasteiger partial charge in [0.05, 0.1) is 5.75 Å². The Balaban J connectivity index is 1.51. The van der Waals surface area contributed by atoms with Crippen molar-refractivity contribution in [2.45, 2.75) is 76.7 Å². The largest absolute Gasteiger partial charge is 0.483 e. The molecule has 5 atom stereocenters. The molecule has 1 N–H and O–H groups in total. The average Bonchev–Trinajstić information content (AvgIpc) is 3.52. The Bertz CT molecular complexity index is 936. The van der Waals surface area contributed by atoms with Gasteiger partial charge in [0.15, 0.2) is 22.5 Å². The van der Waals surface area contributed by atoms with Crippen molar-refractivity contribution < 1.29 is 13.9 Å². The van der Waals surface area contributed by atoms with Crippen LogP contribution in [0, 0.1) is 23.6 Å². The van der Waals surface area contributed by atoms with Crippen LogP contribution in [0.1, 0.15) is 64.7 Å². The maximum absolute atomic E-state index is 14.0. The van der Waals surface area contributed by atoms with Gasteiger partial charge in [0, 0.05) is 12.1 Å². The normalized spacial score (nSPS) is 23.8. The quantitative estimate of drug-likeness (QED) is 0.505. The van der Waals surface area contributed by atoms with Gasteiger partial charge in [-0.25, -0.2) is 4.39 Å². The number of amides is 1. The van der Waals surface area contributed by atoms with E-state index in [1.54, 1.807) is 18.2 Å². The van der Waals surface area contributed by atoms with E-state index in [1.807, 2.05) is 13.8 Å². The first-order valence-corrected chi connectivity index (χ1v) is 12.7. The summed E-state index contributed by atoms with van der Waals surface area (Å²) >= 11 is 1.41. The number of thioether (sulfide) groups is 1. The number of ether oxygens (including phenoxy) is 1. The topological polar surface area (TPSA) is 69.0 Å². The molecule has 1 amide bonds. The van der Waals surface area contributed by atoms with Crippen molar-refractivity contribution in [1.29, 1.82) is 0 Å². The molecule has 2 aliphatic rings. The van der Waals surface area contributed by atoms with Gasteiger partial charge in [-0.1, -0.05) is 37.2 Å². The molecule has 0 saturated heterocycles. The van der Waals surface area contributed by atoms with Gasteiger partial charge in [0.2, 0.25) is 5.91 Å². The van der Waals surface area contributed by atoms with Gasteiger partial charge in [0.1, 0.15) is 6.61 Å². The molecule has 2 aliphatic carbocycles. The summed E-state index contributed by atoms with van der Waals surface area (Å²) in [4.78, 5) is 12.3. The molecule has 0 radical (unpaired) electrons. The predicted octanol–water partition coefficient (Wildman–Crippen LogP) is 5.00. The van der Waals surface area contributed by atoms with Crippen molar-refractivity contribution in [3.63, 3.8) is 0 Å². The standard InChI is InChI=1S/C24H33FN4O2S/c1-4-15(2)26-23(30)14-32-24-28-27-22(13-31-21-8-6-5-7-20(21)25)29(24)16(3)19-12-17-9-10-18(19)11-17/h5-8,15-19H,4,9-14H2,1-3H3,(H,26,30). The summed E-state index contributed by atoms with van der Waals surface area (Å²) in [7, 11) is 0. The Morgan fingerprint density at radius 1 is 1.28 bits per heavy atom. The van der Waals surface area contributed by atoms with Crippen molar-refractivity contribution in [2.75, 3.05) is 5.75 Å². The van der Waals surface area contributed by atoms with Gasteiger partial charge in [-0.3, -0.25) is 9.36 Å². The van der Waals surface area contributed by atoms with Gasteiger partial charge in [-0.2, -0.15) is 0 Å². The van der Waals surface area contributed by atoms with Crippen LogP contribution in [0.15, 0.2) is 29.4 Å². The Hall–Kier alpha value is -2.09. The smallest absolute Gasteiger partial charge is 0.230 e. The van der Waals surface area contributed by atoms with E-state index in [9.17, 15) is 9.18 Å². The summed E-state index contributed by atoms with van der Waals surface area (Å²) in [6.45, 7) is 6.41. The molecule has 0 aliphatic heterocycles. The van der Waals surface area contributed by atoms with Crippen LogP contribution in [0.3, 0.4) is 0 Å². The van der Waals surface area contributed by atoms with Gasteiger partial charge < -0.3 is 10.1 Å². The van der Waals surface area contributed by atoms with Gasteiger partial charge in [-0.05, 0) is 69.4 Å². The van der Waals surface area contributed by atoms with Crippen molar-refractivity contribution in [3.8, 4) is 5.75 Å². The molecule has 32 heavy (non-hydrogen) atoms. The third-order valence-electron chi connectivity index (χ3n) is 7.10. The highest BCUT2D eigenvalue weighted by molar-refractivity contribution is 7.99. The number of rotatable bonds is 10. The SMILES string of the molecule is CCC(C)NC(=O)CSc1nnc(COc2ccccc2F)n1C(C)C1CC2CCC1C2. The van der Waals surface area contributed by atoms with Crippen LogP contribution in [0.4, 0.5) is 4.39 Å². The second kappa shape index (κ2) is 10.2. The van der Waals surface area contributed by atoms with E-state index >= 15 is 0 Å². The molecule has 2 bridgehead atoms. The lowest BCUT2D eigenvalue weighted by atomic mass is 9.84. The molecular weight excluding hydrogens is 427 g/mol. The number of fused-ring (bicyclic) bond motifs is 2. The number of carbonyl (C=O) groups is 1. The van der Waals surface area contributed by atoms with Crippen molar-refractivity contribution in [2.24, 2.45) is 17.8 Å². The van der Waals surface area contributed by atoms with Crippen molar-refractivity contribution in [1.82, 2.24) is 20.1 Å². The minimum atomic E-state index is -0.393. The zero-order chi connectivity index (χ0) is 22.7. The average molecular weight is 461 g/mol. The third-order valence-corrected chi connectivity index (χ3v) is 8.04. The predicted molar refractivity (Wildman–Crippen MR) is 123 cm³/mol. The Kier molecular flexibility index (Phi) is 7.38. The highest BCUT2D eigenvalue weighted by Gasteiger charge is 2.43. The number of nitrogens with one attached hydrogen (secondary N) is 1. The van der Waals surface area contributed by atoms with E-state index in [4.69, 9.17) is 4.74 Å². The molecule has 5 unspecified atom stereocenters. The van der Waals surface area contributed by atoms with E-state index in [1.165, 1.54) is 43.5 Å². The Morgan fingerprint density at radius 2 is 2.09 bits per heavy atom. The zero-order valence-corrected chi connectivity index (χ0v) is 19.9. The number of para-hydroxylation sites is 1. The number of hydrogen-bond acceptors (Lipinski definition) is 5. The van der Waals surface area contributed by atoms with Gasteiger partial charge in [-0.15, -0.1) is 10.2 Å². The monoisotopic (exact) mass is 460 g/mol. The molecule has 0 spiro atoms. The van der Waals surface area contributed by atoms with E-state index < -0.39 is 5.82 Å². The van der Waals surface area contributed by atoms with Crippen molar-refractivity contribution in [3.05, 3.63) is 35.9 Å². The van der Waals surface area contributed by atoms with Crippen LogP contribution in [0.25, 0.3) is 0 Å². The Labute approximate surface area is 193 Å². The number of benzene rings is 1. The van der Waals surface area contributed by atoms with Crippen LogP contribution >= 0.6 is 11.8 Å². The van der Waals surface area contributed by atoms with Gasteiger partial charge in [0.25, 0.3) is 0 Å². The minimum Gasteiger partial charge on any atom is -0.483 e. The van der Waals surface area contributed by atoms with Crippen LogP contribution < -0.4 is 10.1 Å². The molecule has 174 valence electrons. The van der Waals surface area contributed by atoms with E-state index in [2.05, 4.69) is 27.0 Å². The fraction of sp³-hybridized carbons (Fsp3) is 0.625. The van der Waals surface area contributed by atoms with E-state index in [0.29, 0.717) is 17.5 Å². The minimum absolute atomic E-state index is 0.00404. The summed E-state index contributed by atoms with van der Waals surface area (Å²) in [5.74, 6) is 2.92. The summed E-state index contributed by atoms with van der Waals surface area (Å²) < 4.78 is 21.9. The summed E-state index contributed by atoms with van der Waals surface area (Å²) in [5, 5.41) is 12.5. The van der Waals surface area contributed by atoms with E-state index in [0.717, 1.165) is 23.4 Å². The number of hydrogen-bond donors (Lipinski definition) is 1. The second-order valence-corrected chi connectivity index (χ2v) is 10.2. The highest BCUT2D eigenvalue weighted by Crippen LogP contribution is 2.52. The molecule has 6 nitrogen and oxygen atoms in total. The number of halogens is 1. The zero-order valence-electron chi connectivity index (χ0n) is 19.1. The molecule has 1 heterocycles. The fourth-order valence-electron chi connectivity index (χ4n) is 5.24. The van der Waals surface area contributed by atoms with E-state index in [-0.39, 0.29) is 30.3 Å². The number of aromatic nitrogens is 3. The van der Waals surface area contributed by atoms with Crippen molar-refractivity contribution >= 4 is 17.7 Å². The lowest BCUT2D eigenvalue weighted by Gasteiger charge is -2.30. The van der Waals surface area contributed by atoms with Crippen LogP contribution in [-0.2, 0) is 11.4 Å². The second-order valence-electron chi connectivity index (χ2n) is 9.23. The summed E-state index contributed by atoms with van der Waals surface area (Å²) in [6.07, 6.45) is 6.08. The molecule has 8 heteroatoms. The lowest BCUT2D eigenvalue weighted by Crippen LogP contribution is -2.33. The number of carbonyl (C=O) groups excluding carboxylic acids is 1. The molecule has 1 aromatic carbocycles.